The fourth-order valence-corrected chi connectivity index (χ4v) is 4.15. The van der Waals surface area contributed by atoms with E-state index in [-0.39, 0.29) is 5.92 Å². The Balaban J connectivity index is 2.20. The molecular formula is C21H30F4. The topological polar surface area (TPSA) is 0 Å². The third-order valence-electron chi connectivity index (χ3n) is 5.25. The number of hydrogen-bond acceptors (Lipinski definition) is 0. The number of hydrogen-bond donors (Lipinski definition) is 0. The van der Waals surface area contributed by atoms with Crippen molar-refractivity contribution in [1.82, 2.24) is 0 Å². The lowest BCUT2D eigenvalue weighted by Crippen LogP contribution is -2.15. The summed E-state index contributed by atoms with van der Waals surface area (Å²) < 4.78 is 53.2. The second-order valence-electron chi connectivity index (χ2n) is 8.25. The molecule has 4 heteroatoms. The maximum atomic E-state index is 14.0. The van der Waals surface area contributed by atoms with Crippen LogP contribution in [0, 0.1) is 23.6 Å². The lowest BCUT2D eigenvalue weighted by Gasteiger charge is -2.25. The zero-order valence-corrected chi connectivity index (χ0v) is 15.6. The summed E-state index contributed by atoms with van der Waals surface area (Å²) in [6, 6.07) is 2.18. The zero-order valence-electron chi connectivity index (χ0n) is 15.6. The third-order valence-corrected chi connectivity index (χ3v) is 5.25. The molecule has 1 aliphatic rings. The monoisotopic (exact) mass is 358 g/mol. The lowest BCUT2D eigenvalue weighted by atomic mass is 9.80. The minimum Gasteiger partial charge on any atom is -0.206 e. The van der Waals surface area contributed by atoms with Crippen molar-refractivity contribution in [2.24, 2.45) is 17.8 Å². The molecular weight excluding hydrogens is 328 g/mol. The molecule has 1 saturated carbocycles. The normalized spacial score (nSPS) is 17.9. The maximum Gasteiger partial charge on any atom is 0.419 e. The highest BCUT2D eigenvalue weighted by Gasteiger charge is 2.35. The van der Waals surface area contributed by atoms with Crippen LogP contribution in [0.1, 0.15) is 76.0 Å². The van der Waals surface area contributed by atoms with Crippen LogP contribution in [0.25, 0.3) is 0 Å². The van der Waals surface area contributed by atoms with Gasteiger partial charge in [-0.3, -0.25) is 0 Å². The van der Waals surface area contributed by atoms with Crippen LogP contribution >= 0.6 is 0 Å². The van der Waals surface area contributed by atoms with Crippen molar-refractivity contribution in [3.05, 3.63) is 34.6 Å². The van der Waals surface area contributed by atoms with E-state index in [2.05, 4.69) is 6.92 Å². The van der Waals surface area contributed by atoms with Gasteiger partial charge in [0.05, 0.1) is 5.56 Å². The molecule has 1 atom stereocenters. The van der Waals surface area contributed by atoms with E-state index in [0.717, 1.165) is 24.1 Å². The molecule has 0 spiro atoms. The van der Waals surface area contributed by atoms with Crippen LogP contribution in [0.3, 0.4) is 0 Å². The van der Waals surface area contributed by atoms with E-state index in [0.29, 0.717) is 30.2 Å². The Morgan fingerprint density at radius 1 is 0.960 bits per heavy atom. The predicted molar refractivity (Wildman–Crippen MR) is 94.0 cm³/mol. The van der Waals surface area contributed by atoms with E-state index < -0.39 is 17.6 Å². The highest BCUT2D eigenvalue weighted by molar-refractivity contribution is 5.35. The van der Waals surface area contributed by atoms with Gasteiger partial charge >= 0.3 is 6.18 Å². The molecule has 1 fully saturated rings. The summed E-state index contributed by atoms with van der Waals surface area (Å²) in [7, 11) is 0. The van der Waals surface area contributed by atoms with Gasteiger partial charge in [0.15, 0.2) is 0 Å². The van der Waals surface area contributed by atoms with E-state index in [1.807, 2.05) is 13.8 Å². The highest BCUT2D eigenvalue weighted by Crippen LogP contribution is 2.35. The number of rotatable bonds is 6. The summed E-state index contributed by atoms with van der Waals surface area (Å²) in [6.45, 7) is 6.13. The Labute approximate surface area is 149 Å². The van der Waals surface area contributed by atoms with Crippen molar-refractivity contribution < 1.29 is 17.6 Å². The summed E-state index contributed by atoms with van der Waals surface area (Å²) in [4.78, 5) is 0. The van der Waals surface area contributed by atoms with Gasteiger partial charge < -0.3 is 0 Å². The highest BCUT2D eigenvalue weighted by atomic mass is 19.4. The Morgan fingerprint density at radius 2 is 1.56 bits per heavy atom. The molecule has 0 saturated heterocycles. The fourth-order valence-electron chi connectivity index (χ4n) is 4.15. The molecule has 0 aromatic heterocycles. The molecule has 142 valence electrons. The molecule has 0 heterocycles. The summed E-state index contributed by atoms with van der Waals surface area (Å²) in [6.07, 6.45) is 3.94. The van der Waals surface area contributed by atoms with Gasteiger partial charge in [-0.25, -0.2) is 4.39 Å². The van der Waals surface area contributed by atoms with Crippen LogP contribution in [0.5, 0.6) is 0 Å². The SMILES string of the molecule is CC(C)Cc1cc(F)c(C(F)(F)F)cc1CC(C)CC1CCCCC1. The molecule has 1 aliphatic carbocycles. The van der Waals surface area contributed by atoms with Crippen molar-refractivity contribution in [2.75, 3.05) is 0 Å². The van der Waals surface area contributed by atoms with Crippen LogP contribution in [-0.2, 0) is 19.0 Å². The van der Waals surface area contributed by atoms with Crippen molar-refractivity contribution in [3.8, 4) is 0 Å². The van der Waals surface area contributed by atoms with Crippen LogP contribution < -0.4 is 0 Å². The first-order valence-corrected chi connectivity index (χ1v) is 9.55. The summed E-state index contributed by atoms with van der Waals surface area (Å²) in [5, 5.41) is 0. The van der Waals surface area contributed by atoms with Gasteiger partial charge in [-0.05, 0) is 60.3 Å². The van der Waals surface area contributed by atoms with Gasteiger partial charge in [0, 0.05) is 0 Å². The van der Waals surface area contributed by atoms with E-state index in [1.165, 1.54) is 32.1 Å². The average Bonchev–Trinajstić information content (AvgIpc) is 2.49. The summed E-state index contributed by atoms with van der Waals surface area (Å²) in [5.74, 6) is 0.149. The molecule has 0 nitrogen and oxygen atoms in total. The molecule has 0 aliphatic heterocycles. The molecule has 1 aromatic carbocycles. The Morgan fingerprint density at radius 3 is 2.12 bits per heavy atom. The number of halogens is 4. The van der Waals surface area contributed by atoms with Gasteiger partial charge in [-0.1, -0.05) is 52.9 Å². The quantitative estimate of drug-likeness (QED) is 0.472. The first kappa shape index (κ1) is 20.3. The second kappa shape index (κ2) is 8.55. The molecule has 25 heavy (non-hydrogen) atoms. The Hall–Kier alpha value is -1.06. The van der Waals surface area contributed by atoms with Crippen molar-refractivity contribution in [3.63, 3.8) is 0 Å². The largest absolute Gasteiger partial charge is 0.419 e. The summed E-state index contributed by atoms with van der Waals surface area (Å²) >= 11 is 0. The smallest absolute Gasteiger partial charge is 0.206 e. The van der Waals surface area contributed by atoms with Crippen molar-refractivity contribution in [2.45, 2.75) is 78.3 Å². The Bertz CT molecular complexity index is 554. The molecule has 1 aromatic rings. The minimum atomic E-state index is -4.64. The standard InChI is InChI=1S/C21H30F4/c1-14(2)9-17-13-20(22)19(21(23,24)25)12-18(17)11-15(3)10-16-7-5-4-6-8-16/h12-16H,4-11H2,1-3H3. The first-order valence-electron chi connectivity index (χ1n) is 9.55. The molecule has 1 unspecified atom stereocenters. The molecule has 0 amide bonds. The molecule has 0 radical (unpaired) electrons. The van der Waals surface area contributed by atoms with Crippen LogP contribution in [0.4, 0.5) is 17.6 Å². The van der Waals surface area contributed by atoms with E-state index >= 15 is 0 Å². The van der Waals surface area contributed by atoms with E-state index in [9.17, 15) is 17.6 Å². The minimum absolute atomic E-state index is 0.281. The third kappa shape index (κ3) is 6.00. The van der Waals surface area contributed by atoms with Gasteiger partial charge in [0.25, 0.3) is 0 Å². The Kier molecular flexibility index (Phi) is 6.93. The number of benzene rings is 1. The molecule has 0 N–H and O–H groups in total. The molecule has 2 rings (SSSR count). The van der Waals surface area contributed by atoms with Crippen molar-refractivity contribution >= 4 is 0 Å². The first-order chi connectivity index (χ1) is 11.7. The zero-order chi connectivity index (χ0) is 18.6. The van der Waals surface area contributed by atoms with Crippen LogP contribution in [-0.4, -0.2) is 0 Å². The number of alkyl halides is 3. The predicted octanol–water partition coefficient (Wildman–Crippen LogP) is 7.19. The van der Waals surface area contributed by atoms with Crippen molar-refractivity contribution in [1.29, 1.82) is 0 Å². The van der Waals surface area contributed by atoms with Gasteiger partial charge in [-0.15, -0.1) is 0 Å². The second-order valence-corrected chi connectivity index (χ2v) is 8.25. The molecule has 0 bridgehead atoms. The van der Waals surface area contributed by atoms with Gasteiger partial charge in [-0.2, -0.15) is 13.2 Å². The van der Waals surface area contributed by atoms with Gasteiger partial charge in [0.2, 0.25) is 0 Å². The fraction of sp³-hybridized carbons (Fsp3) is 0.714. The van der Waals surface area contributed by atoms with Crippen LogP contribution in [0.15, 0.2) is 12.1 Å². The summed E-state index contributed by atoms with van der Waals surface area (Å²) in [5.41, 5.74) is 0.279. The average molecular weight is 358 g/mol. The van der Waals surface area contributed by atoms with E-state index in [1.54, 1.807) is 0 Å². The van der Waals surface area contributed by atoms with Gasteiger partial charge in [0.1, 0.15) is 5.82 Å². The lowest BCUT2D eigenvalue weighted by molar-refractivity contribution is -0.140. The van der Waals surface area contributed by atoms with Crippen LogP contribution in [0.2, 0.25) is 0 Å². The van der Waals surface area contributed by atoms with E-state index in [4.69, 9.17) is 0 Å². The maximum absolute atomic E-state index is 14.0.